The minimum absolute atomic E-state index is 0. The second-order valence-corrected chi connectivity index (χ2v) is 6.45. The molecule has 0 saturated heterocycles. The van der Waals surface area contributed by atoms with Crippen LogP contribution >= 0.6 is 12.4 Å². The lowest BCUT2D eigenvalue weighted by Gasteiger charge is -2.25. The minimum Gasteiger partial charge on any atom is -0.361 e. The van der Waals surface area contributed by atoms with Crippen molar-refractivity contribution in [3.63, 3.8) is 0 Å². The molecule has 0 aliphatic rings. The number of fused-ring (bicyclic) bond motifs is 1. The van der Waals surface area contributed by atoms with E-state index in [1.165, 1.54) is 5.56 Å². The van der Waals surface area contributed by atoms with E-state index in [-0.39, 0.29) is 18.3 Å². The van der Waals surface area contributed by atoms with Crippen LogP contribution in [-0.4, -0.2) is 28.4 Å². The van der Waals surface area contributed by atoms with E-state index < -0.39 is 6.04 Å². The predicted molar refractivity (Wildman–Crippen MR) is 109 cm³/mol. The number of aromatic amines is 1. The number of carbonyl (C=O) groups is 1. The number of amides is 1. The molecule has 1 heterocycles. The molecule has 0 spiro atoms. The average molecular weight is 372 g/mol. The van der Waals surface area contributed by atoms with Crippen LogP contribution in [0, 0.1) is 6.92 Å². The number of aromatic nitrogens is 1. The molecule has 0 aliphatic carbocycles. The van der Waals surface area contributed by atoms with Crippen LogP contribution in [0.5, 0.6) is 0 Å². The molecule has 26 heavy (non-hydrogen) atoms. The van der Waals surface area contributed by atoms with Crippen molar-refractivity contribution >= 4 is 29.2 Å². The lowest BCUT2D eigenvalue weighted by molar-refractivity contribution is -0.133. The Morgan fingerprint density at radius 1 is 1.12 bits per heavy atom. The van der Waals surface area contributed by atoms with E-state index >= 15 is 0 Å². The van der Waals surface area contributed by atoms with Crippen LogP contribution in [0.25, 0.3) is 10.9 Å². The zero-order valence-electron chi connectivity index (χ0n) is 15.2. The smallest absolute Gasteiger partial charge is 0.240 e. The molecular weight excluding hydrogens is 346 g/mol. The summed E-state index contributed by atoms with van der Waals surface area (Å²) in [5.41, 5.74) is 10.8. The first-order chi connectivity index (χ1) is 12.1. The number of rotatable bonds is 6. The number of nitrogens with two attached hydrogens (primary N) is 1. The first-order valence-electron chi connectivity index (χ1n) is 8.74. The molecule has 0 bridgehead atoms. The molecular formula is C21H26ClN3O. The Bertz CT molecular complexity index is 874. The lowest BCUT2D eigenvalue weighted by Crippen LogP contribution is -2.44. The Morgan fingerprint density at radius 3 is 2.54 bits per heavy atom. The predicted octanol–water partition coefficient (Wildman–Crippen LogP) is 3.82. The standard InChI is InChI=1S/C21H25N3O.ClH/c1-3-24(14-16-9-5-4-8-15(16)2)21(25)19(22)12-17-13-23-20-11-7-6-10-18(17)20;/h4-11,13,19,23H,3,12,14,22H2,1-2H3;1H/t19-;/m0./s1. The number of likely N-dealkylation sites (N-methyl/N-ethyl adjacent to an activating group) is 1. The molecule has 0 aliphatic heterocycles. The topological polar surface area (TPSA) is 62.1 Å². The molecule has 0 radical (unpaired) electrons. The number of nitrogens with one attached hydrogen (secondary N) is 1. The number of benzene rings is 2. The van der Waals surface area contributed by atoms with Crippen LogP contribution in [0.1, 0.15) is 23.6 Å². The van der Waals surface area contributed by atoms with Gasteiger partial charge in [0.15, 0.2) is 0 Å². The van der Waals surface area contributed by atoms with E-state index in [0.29, 0.717) is 19.5 Å². The van der Waals surface area contributed by atoms with Crippen molar-refractivity contribution in [1.82, 2.24) is 9.88 Å². The minimum atomic E-state index is -0.539. The summed E-state index contributed by atoms with van der Waals surface area (Å²) in [6, 6.07) is 15.7. The maximum absolute atomic E-state index is 12.8. The maximum atomic E-state index is 12.8. The molecule has 1 aromatic heterocycles. The van der Waals surface area contributed by atoms with Gasteiger partial charge in [-0.2, -0.15) is 0 Å². The number of H-pyrrole nitrogens is 1. The van der Waals surface area contributed by atoms with E-state index in [4.69, 9.17) is 5.73 Å². The fourth-order valence-electron chi connectivity index (χ4n) is 3.20. The Morgan fingerprint density at radius 2 is 1.81 bits per heavy atom. The number of nitrogens with zero attached hydrogens (tertiary/aromatic N) is 1. The van der Waals surface area contributed by atoms with Crippen LogP contribution in [0.4, 0.5) is 0 Å². The highest BCUT2D eigenvalue weighted by molar-refractivity contribution is 5.86. The van der Waals surface area contributed by atoms with E-state index in [1.54, 1.807) is 0 Å². The molecule has 2 aromatic carbocycles. The van der Waals surface area contributed by atoms with Gasteiger partial charge in [0, 0.05) is 30.2 Å². The van der Waals surface area contributed by atoms with Crippen molar-refractivity contribution < 1.29 is 4.79 Å². The zero-order chi connectivity index (χ0) is 17.8. The molecule has 3 aromatic rings. The highest BCUT2D eigenvalue weighted by Crippen LogP contribution is 2.19. The van der Waals surface area contributed by atoms with Crippen molar-refractivity contribution in [2.45, 2.75) is 32.9 Å². The summed E-state index contributed by atoms with van der Waals surface area (Å²) in [5.74, 6) is -0.00367. The molecule has 5 heteroatoms. The number of hydrogen-bond acceptors (Lipinski definition) is 2. The third-order valence-corrected chi connectivity index (χ3v) is 4.75. The number of carbonyl (C=O) groups excluding carboxylic acids is 1. The normalized spacial score (nSPS) is 11.8. The third kappa shape index (κ3) is 4.26. The number of para-hydroxylation sites is 1. The van der Waals surface area contributed by atoms with Gasteiger partial charge in [0.2, 0.25) is 5.91 Å². The molecule has 138 valence electrons. The summed E-state index contributed by atoms with van der Waals surface area (Å²) in [6.45, 7) is 5.31. The summed E-state index contributed by atoms with van der Waals surface area (Å²) in [6.07, 6.45) is 2.49. The summed E-state index contributed by atoms with van der Waals surface area (Å²) in [4.78, 5) is 17.9. The fourth-order valence-corrected chi connectivity index (χ4v) is 3.20. The molecule has 0 fully saturated rings. The zero-order valence-corrected chi connectivity index (χ0v) is 16.1. The van der Waals surface area contributed by atoms with Crippen LogP contribution in [0.3, 0.4) is 0 Å². The van der Waals surface area contributed by atoms with Crippen molar-refractivity contribution in [1.29, 1.82) is 0 Å². The Kier molecular flexibility index (Phi) is 6.83. The van der Waals surface area contributed by atoms with Crippen LogP contribution in [0.2, 0.25) is 0 Å². The molecule has 3 N–H and O–H groups in total. The molecule has 4 nitrogen and oxygen atoms in total. The van der Waals surface area contributed by atoms with Crippen LogP contribution in [-0.2, 0) is 17.8 Å². The molecule has 1 amide bonds. The fraction of sp³-hybridized carbons (Fsp3) is 0.286. The van der Waals surface area contributed by atoms with Gasteiger partial charge in [0.1, 0.15) is 0 Å². The lowest BCUT2D eigenvalue weighted by atomic mass is 10.0. The summed E-state index contributed by atoms with van der Waals surface area (Å²) >= 11 is 0. The highest BCUT2D eigenvalue weighted by atomic mass is 35.5. The van der Waals surface area contributed by atoms with Crippen molar-refractivity contribution in [2.24, 2.45) is 5.73 Å². The van der Waals surface area contributed by atoms with Gasteiger partial charge in [-0.3, -0.25) is 4.79 Å². The van der Waals surface area contributed by atoms with Crippen molar-refractivity contribution in [2.75, 3.05) is 6.54 Å². The highest BCUT2D eigenvalue weighted by Gasteiger charge is 2.21. The Labute approximate surface area is 160 Å². The van der Waals surface area contributed by atoms with E-state index in [1.807, 2.05) is 48.4 Å². The van der Waals surface area contributed by atoms with E-state index in [0.717, 1.165) is 22.0 Å². The monoisotopic (exact) mass is 371 g/mol. The van der Waals surface area contributed by atoms with Gasteiger partial charge in [0.25, 0.3) is 0 Å². The first-order valence-corrected chi connectivity index (χ1v) is 8.74. The van der Waals surface area contributed by atoms with Gasteiger partial charge in [-0.05, 0) is 43.0 Å². The SMILES string of the molecule is CCN(Cc1ccccc1C)C(=O)[C@@H](N)Cc1c[nH]c2ccccc12.Cl. The summed E-state index contributed by atoms with van der Waals surface area (Å²) < 4.78 is 0. The van der Waals surface area contributed by atoms with Gasteiger partial charge in [-0.25, -0.2) is 0 Å². The summed E-state index contributed by atoms with van der Waals surface area (Å²) in [7, 11) is 0. The molecule has 1 atom stereocenters. The van der Waals surface area contributed by atoms with Gasteiger partial charge < -0.3 is 15.6 Å². The molecule has 3 rings (SSSR count). The number of aryl methyl sites for hydroxylation is 1. The van der Waals surface area contributed by atoms with Crippen molar-refractivity contribution in [3.8, 4) is 0 Å². The van der Waals surface area contributed by atoms with Crippen LogP contribution < -0.4 is 5.73 Å². The molecule has 0 unspecified atom stereocenters. The number of halogens is 1. The van der Waals surface area contributed by atoms with Gasteiger partial charge in [-0.15, -0.1) is 12.4 Å². The Hall–Kier alpha value is -2.30. The van der Waals surface area contributed by atoms with Gasteiger partial charge in [-0.1, -0.05) is 42.5 Å². The first kappa shape index (κ1) is 20.0. The van der Waals surface area contributed by atoms with Crippen LogP contribution in [0.15, 0.2) is 54.7 Å². The average Bonchev–Trinajstić information content (AvgIpc) is 3.03. The van der Waals surface area contributed by atoms with Gasteiger partial charge >= 0.3 is 0 Å². The summed E-state index contributed by atoms with van der Waals surface area (Å²) in [5, 5.41) is 1.13. The van der Waals surface area contributed by atoms with Crippen molar-refractivity contribution in [3.05, 3.63) is 71.4 Å². The third-order valence-electron chi connectivity index (χ3n) is 4.75. The maximum Gasteiger partial charge on any atom is 0.240 e. The van der Waals surface area contributed by atoms with E-state index in [2.05, 4.69) is 30.1 Å². The Balaban J connectivity index is 0.00000243. The quantitative estimate of drug-likeness (QED) is 0.692. The second-order valence-electron chi connectivity index (χ2n) is 6.45. The number of hydrogen-bond donors (Lipinski definition) is 2. The molecule has 0 saturated carbocycles. The van der Waals surface area contributed by atoms with E-state index in [9.17, 15) is 4.79 Å². The largest absolute Gasteiger partial charge is 0.361 e. The van der Waals surface area contributed by atoms with Gasteiger partial charge in [0.05, 0.1) is 6.04 Å². The second kappa shape index (κ2) is 8.88.